The average Bonchev–Trinajstić information content (AvgIpc) is 3.10. The van der Waals surface area contributed by atoms with Crippen LogP contribution >= 0.6 is 0 Å². The summed E-state index contributed by atoms with van der Waals surface area (Å²) in [7, 11) is 0. The lowest BCUT2D eigenvalue weighted by atomic mass is 10.1. The van der Waals surface area contributed by atoms with Crippen molar-refractivity contribution in [2.24, 2.45) is 0 Å². The normalized spacial score (nSPS) is 15.6. The van der Waals surface area contributed by atoms with Crippen molar-refractivity contribution in [2.75, 3.05) is 18.0 Å². The summed E-state index contributed by atoms with van der Waals surface area (Å²) in [6.07, 6.45) is 8.14. The molecule has 2 N–H and O–H groups in total. The molecule has 26 heavy (non-hydrogen) atoms. The van der Waals surface area contributed by atoms with Crippen molar-refractivity contribution in [3.05, 3.63) is 41.3 Å². The molecular formula is C20H29N5O. The predicted octanol–water partition coefficient (Wildman–Crippen LogP) is 3.63. The minimum absolute atomic E-state index is 0.157. The molecule has 6 heteroatoms. The molecule has 0 saturated carbocycles. The van der Waals surface area contributed by atoms with Gasteiger partial charge in [0.1, 0.15) is 11.5 Å². The molecule has 0 aliphatic carbocycles. The van der Waals surface area contributed by atoms with E-state index in [9.17, 15) is 4.79 Å². The summed E-state index contributed by atoms with van der Waals surface area (Å²) in [5.74, 6) is 1.16. The largest absolute Gasteiger partial charge is 0.356 e. The smallest absolute Gasteiger partial charge is 0.272 e. The zero-order chi connectivity index (χ0) is 18.4. The van der Waals surface area contributed by atoms with Gasteiger partial charge in [-0.15, -0.1) is 0 Å². The van der Waals surface area contributed by atoms with Crippen molar-refractivity contribution in [1.29, 1.82) is 0 Å². The molecule has 1 aliphatic heterocycles. The Kier molecular flexibility index (Phi) is 6.26. The van der Waals surface area contributed by atoms with Gasteiger partial charge in [0.05, 0.1) is 0 Å². The zero-order valence-electron chi connectivity index (χ0n) is 15.8. The van der Waals surface area contributed by atoms with Gasteiger partial charge in [-0.1, -0.05) is 39.2 Å². The summed E-state index contributed by atoms with van der Waals surface area (Å²) in [6, 6.07) is 5.80. The summed E-state index contributed by atoms with van der Waals surface area (Å²) in [5.41, 5.74) is 2.46. The van der Waals surface area contributed by atoms with E-state index >= 15 is 0 Å². The second kappa shape index (κ2) is 8.83. The van der Waals surface area contributed by atoms with Crippen LogP contribution in [0.3, 0.4) is 0 Å². The van der Waals surface area contributed by atoms with Gasteiger partial charge in [0.25, 0.3) is 5.91 Å². The first-order valence-corrected chi connectivity index (χ1v) is 9.67. The molecule has 0 bridgehead atoms. The molecule has 0 atom stereocenters. The first-order chi connectivity index (χ1) is 12.6. The average molecular weight is 355 g/mol. The number of carbonyl (C=O) groups is 1. The standard InChI is InChI=1S/C20H29N5O/c1-15(2)17-13-18(24-23-17)20(26)22-14-16-9-8-10-21-19(16)25-11-6-4-3-5-7-12-25/h8-10,13,15H,3-7,11-12,14H2,1-2H3,(H,22,26)(H,23,24). The van der Waals surface area contributed by atoms with E-state index in [0.717, 1.165) is 30.2 Å². The van der Waals surface area contributed by atoms with E-state index in [1.807, 2.05) is 24.4 Å². The van der Waals surface area contributed by atoms with E-state index in [1.54, 1.807) is 0 Å². The van der Waals surface area contributed by atoms with Crippen LogP contribution in [-0.4, -0.2) is 34.2 Å². The second-order valence-electron chi connectivity index (χ2n) is 7.29. The van der Waals surface area contributed by atoms with Crippen LogP contribution in [0.1, 0.15) is 73.6 Å². The van der Waals surface area contributed by atoms with Gasteiger partial charge >= 0.3 is 0 Å². The first kappa shape index (κ1) is 18.4. The number of pyridine rings is 1. The fourth-order valence-electron chi connectivity index (χ4n) is 3.33. The van der Waals surface area contributed by atoms with Gasteiger partial charge < -0.3 is 10.2 Å². The molecule has 0 radical (unpaired) electrons. The van der Waals surface area contributed by atoms with Crippen LogP contribution in [0.4, 0.5) is 5.82 Å². The van der Waals surface area contributed by atoms with Gasteiger partial charge in [0.2, 0.25) is 0 Å². The van der Waals surface area contributed by atoms with Crippen LogP contribution in [0.5, 0.6) is 0 Å². The number of H-pyrrole nitrogens is 1. The summed E-state index contributed by atoms with van der Waals surface area (Å²) in [5, 5.41) is 10.0. The van der Waals surface area contributed by atoms with Crippen molar-refractivity contribution >= 4 is 11.7 Å². The third-order valence-corrected chi connectivity index (χ3v) is 4.91. The fraction of sp³-hybridized carbons (Fsp3) is 0.550. The first-order valence-electron chi connectivity index (χ1n) is 9.67. The topological polar surface area (TPSA) is 73.9 Å². The number of hydrogen-bond acceptors (Lipinski definition) is 4. The minimum Gasteiger partial charge on any atom is -0.356 e. The molecule has 1 saturated heterocycles. The van der Waals surface area contributed by atoms with Crippen molar-refractivity contribution in [3.63, 3.8) is 0 Å². The number of amides is 1. The van der Waals surface area contributed by atoms with Crippen LogP contribution in [0, 0.1) is 0 Å². The van der Waals surface area contributed by atoms with E-state index in [4.69, 9.17) is 0 Å². The number of anilines is 1. The Morgan fingerprint density at radius 3 is 2.65 bits per heavy atom. The lowest BCUT2D eigenvalue weighted by Gasteiger charge is -2.27. The molecule has 0 aromatic carbocycles. The summed E-state index contributed by atoms with van der Waals surface area (Å²) in [6.45, 7) is 6.67. The van der Waals surface area contributed by atoms with Gasteiger partial charge in [-0.2, -0.15) is 5.10 Å². The summed E-state index contributed by atoms with van der Waals surface area (Å²) < 4.78 is 0. The number of hydrogen-bond donors (Lipinski definition) is 2. The minimum atomic E-state index is -0.157. The van der Waals surface area contributed by atoms with Crippen LogP contribution < -0.4 is 10.2 Å². The van der Waals surface area contributed by atoms with Crippen molar-refractivity contribution < 1.29 is 4.79 Å². The molecule has 2 aromatic rings. The van der Waals surface area contributed by atoms with Gasteiger partial charge in [-0.25, -0.2) is 4.98 Å². The lowest BCUT2D eigenvalue weighted by molar-refractivity contribution is 0.0946. The maximum Gasteiger partial charge on any atom is 0.272 e. The summed E-state index contributed by atoms with van der Waals surface area (Å²) >= 11 is 0. The number of aromatic amines is 1. The van der Waals surface area contributed by atoms with Crippen molar-refractivity contribution in [3.8, 4) is 0 Å². The van der Waals surface area contributed by atoms with Gasteiger partial charge in [0, 0.05) is 37.1 Å². The molecule has 2 aromatic heterocycles. The molecule has 0 spiro atoms. The Hall–Kier alpha value is -2.37. The molecule has 140 valence electrons. The molecule has 0 unspecified atom stereocenters. The lowest BCUT2D eigenvalue weighted by Crippen LogP contribution is -2.30. The van der Waals surface area contributed by atoms with E-state index in [1.165, 1.54) is 32.1 Å². The molecule has 6 nitrogen and oxygen atoms in total. The van der Waals surface area contributed by atoms with E-state index in [-0.39, 0.29) is 5.91 Å². The Labute approximate surface area is 155 Å². The highest BCUT2D eigenvalue weighted by atomic mass is 16.1. The maximum absolute atomic E-state index is 12.4. The van der Waals surface area contributed by atoms with Crippen molar-refractivity contribution in [1.82, 2.24) is 20.5 Å². The SMILES string of the molecule is CC(C)c1cc(C(=O)NCc2cccnc2N2CCCCCCC2)n[nH]1. The molecule has 1 amide bonds. The highest BCUT2D eigenvalue weighted by Crippen LogP contribution is 2.21. The Morgan fingerprint density at radius 2 is 1.96 bits per heavy atom. The number of nitrogens with zero attached hydrogens (tertiary/aromatic N) is 3. The Bertz CT molecular complexity index is 716. The highest BCUT2D eigenvalue weighted by molar-refractivity contribution is 5.92. The molecule has 1 fully saturated rings. The molecule has 3 rings (SSSR count). The quantitative estimate of drug-likeness (QED) is 0.859. The number of aromatic nitrogens is 3. The van der Waals surface area contributed by atoms with E-state index in [0.29, 0.717) is 18.2 Å². The van der Waals surface area contributed by atoms with Crippen LogP contribution in [-0.2, 0) is 6.54 Å². The molecule has 3 heterocycles. The number of nitrogens with one attached hydrogen (secondary N) is 2. The van der Waals surface area contributed by atoms with Gasteiger partial charge in [0.15, 0.2) is 0 Å². The zero-order valence-corrected chi connectivity index (χ0v) is 15.8. The number of rotatable bonds is 5. The molecular weight excluding hydrogens is 326 g/mol. The van der Waals surface area contributed by atoms with Crippen molar-refractivity contribution in [2.45, 2.75) is 58.4 Å². The van der Waals surface area contributed by atoms with Crippen LogP contribution in [0.15, 0.2) is 24.4 Å². The van der Waals surface area contributed by atoms with Crippen LogP contribution in [0.25, 0.3) is 0 Å². The van der Waals surface area contributed by atoms with Gasteiger partial charge in [-0.05, 0) is 30.9 Å². The van der Waals surface area contributed by atoms with Crippen LogP contribution in [0.2, 0.25) is 0 Å². The predicted molar refractivity (Wildman–Crippen MR) is 103 cm³/mol. The third-order valence-electron chi connectivity index (χ3n) is 4.91. The molecule has 1 aliphatic rings. The van der Waals surface area contributed by atoms with E-state index in [2.05, 4.69) is 39.2 Å². The highest BCUT2D eigenvalue weighted by Gasteiger charge is 2.16. The second-order valence-corrected chi connectivity index (χ2v) is 7.29. The monoisotopic (exact) mass is 355 g/mol. The van der Waals surface area contributed by atoms with Gasteiger partial charge in [-0.3, -0.25) is 9.89 Å². The Balaban J connectivity index is 1.66. The fourth-order valence-corrected chi connectivity index (χ4v) is 3.33. The summed E-state index contributed by atoms with van der Waals surface area (Å²) in [4.78, 5) is 19.4. The number of carbonyl (C=O) groups excluding carboxylic acids is 1. The maximum atomic E-state index is 12.4. The third kappa shape index (κ3) is 4.62. The Morgan fingerprint density at radius 1 is 1.23 bits per heavy atom. The van der Waals surface area contributed by atoms with E-state index < -0.39 is 0 Å².